The normalized spacial score (nSPS) is 10.0. The molecule has 0 aliphatic heterocycles. The first-order chi connectivity index (χ1) is 8.22. The fraction of sp³-hybridized carbons (Fsp3) is 0.182. The van der Waals surface area contributed by atoms with Gasteiger partial charge in [0.15, 0.2) is 0 Å². The number of hydrogen-bond acceptors (Lipinski definition) is 3. The molecule has 0 atom stereocenters. The lowest BCUT2D eigenvalue weighted by Crippen LogP contribution is -1.78. The van der Waals surface area contributed by atoms with Crippen LogP contribution in [-0.4, -0.2) is 10.2 Å². The Labute approximate surface area is 103 Å². The second kappa shape index (κ2) is 4.95. The average molecular weight is 245 g/mol. The van der Waals surface area contributed by atoms with Gasteiger partial charge in [-0.3, -0.25) is 5.10 Å². The molecule has 0 bridgehead atoms. The lowest BCUT2D eigenvalue weighted by atomic mass is 10.3. The van der Waals surface area contributed by atoms with Gasteiger partial charge in [-0.1, -0.05) is 35.1 Å². The van der Waals surface area contributed by atoms with Crippen LogP contribution in [0.3, 0.4) is 0 Å². The highest BCUT2D eigenvalue weighted by atomic mass is 32.2. The van der Waals surface area contributed by atoms with Crippen molar-refractivity contribution in [2.75, 3.05) is 0 Å². The SMILES string of the molecule is Cc1n[nH]c(C)c1Sc1ccccc1N=[N+]=[N-]. The Kier molecular flexibility index (Phi) is 3.37. The molecule has 1 N–H and O–H groups in total. The minimum Gasteiger partial charge on any atom is -0.281 e. The summed E-state index contributed by atoms with van der Waals surface area (Å²) in [5, 5.41) is 10.7. The maximum absolute atomic E-state index is 8.51. The standard InChI is InChI=1S/C11H11N5S/c1-7-11(8(2)14-13-7)17-10-6-4-3-5-9(10)15-16-12/h3-6H,1-2H3,(H,13,14). The van der Waals surface area contributed by atoms with Crippen LogP contribution in [0, 0.1) is 13.8 Å². The van der Waals surface area contributed by atoms with Gasteiger partial charge in [0.2, 0.25) is 0 Å². The van der Waals surface area contributed by atoms with Gasteiger partial charge >= 0.3 is 0 Å². The summed E-state index contributed by atoms with van der Waals surface area (Å²) in [4.78, 5) is 4.83. The summed E-state index contributed by atoms with van der Waals surface area (Å²) < 4.78 is 0. The van der Waals surface area contributed by atoms with E-state index in [0.717, 1.165) is 21.2 Å². The lowest BCUT2D eigenvalue weighted by Gasteiger charge is -2.04. The molecule has 6 heteroatoms. The minimum atomic E-state index is 0.639. The molecule has 0 aliphatic carbocycles. The monoisotopic (exact) mass is 245 g/mol. The molecule has 1 heterocycles. The van der Waals surface area contributed by atoms with E-state index in [9.17, 15) is 0 Å². The van der Waals surface area contributed by atoms with Crippen molar-refractivity contribution in [1.29, 1.82) is 0 Å². The predicted octanol–water partition coefficient (Wildman–Crippen LogP) is 4.12. The van der Waals surface area contributed by atoms with Gasteiger partial charge < -0.3 is 0 Å². The number of nitrogens with one attached hydrogen (secondary N) is 1. The second-order valence-corrected chi connectivity index (χ2v) is 4.57. The second-order valence-electron chi connectivity index (χ2n) is 3.52. The van der Waals surface area contributed by atoms with E-state index in [-0.39, 0.29) is 0 Å². The third-order valence-corrected chi connectivity index (χ3v) is 3.66. The van der Waals surface area contributed by atoms with Crippen LogP contribution in [0.4, 0.5) is 5.69 Å². The Morgan fingerprint density at radius 3 is 2.76 bits per heavy atom. The van der Waals surface area contributed by atoms with Gasteiger partial charge in [-0.05, 0) is 25.4 Å². The van der Waals surface area contributed by atoms with Crippen LogP contribution in [0.15, 0.2) is 39.2 Å². The molecule has 0 radical (unpaired) electrons. The van der Waals surface area contributed by atoms with Crippen LogP contribution in [0.2, 0.25) is 0 Å². The molecular formula is C11H11N5S. The Hall–Kier alpha value is -1.91. The largest absolute Gasteiger partial charge is 0.281 e. The predicted molar refractivity (Wildman–Crippen MR) is 67.4 cm³/mol. The van der Waals surface area contributed by atoms with Crippen LogP contribution < -0.4 is 0 Å². The number of hydrogen-bond donors (Lipinski definition) is 1. The van der Waals surface area contributed by atoms with E-state index in [1.54, 1.807) is 17.8 Å². The van der Waals surface area contributed by atoms with Gasteiger partial charge in [0.25, 0.3) is 0 Å². The first-order valence-electron chi connectivity index (χ1n) is 5.06. The topological polar surface area (TPSA) is 77.4 Å². The zero-order valence-corrected chi connectivity index (χ0v) is 10.3. The Morgan fingerprint density at radius 2 is 2.12 bits per heavy atom. The summed E-state index contributed by atoms with van der Waals surface area (Å²) in [6, 6.07) is 7.50. The summed E-state index contributed by atoms with van der Waals surface area (Å²) in [6.07, 6.45) is 0. The summed E-state index contributed by atoms with van der Waals surface area (Å²) >= 11 is 1.56. The van der Waals surface area contributed by atoms with Gasteiger partial charge in [-0.25, -0.2) is 0 Å². The number of aromatic nitrogens is 2. The number of azide groups is 1. The molecule has 1 aromatic heterocycles. The van der Waals surface area contributed by atoms with Gasteiger partial charge in [-0.2, -0.15) is 5.10 Å². The highest BCUT2D eigenvalue weighted by Gasteiger charge is 2.09. The van der Waals surface area contributed by atoms with Crippen molar-refractivity contribution in [1.82, 2.24) is 10.2 Å². The maximum Gasteiger partial charge on any atom is 0.0733 e. The molecule has 0 aliphatic rings. The molecule has 0 fully saturated rings. The van der Waals surface area contributed by atoms with Crippen LogP contribution >= 0.6 is 11.8 Å². The third kappa shape index (κ3) is 2.43. The quantitative estimate of drug-likeness (QED) is 0.501. The summed E-state index contributed by atoms with van der Waals surface area (Å²) in [5.41, 5.74) is 11.1. The first-order valence-corrected chi connectivity index (χ1v) is 5.87. The van der Waals surface area contributed by atoms with Gasteiger partial charge in [0, 0.05) is 15.5 Å². The Balaban J connectivity index is 2.39. The van der Waals surface area contributed by atoms with Crippen molar-refractivity contribution < 1.29 is 0 Å². The van der Waals surface area contributed by atoms with E-state index in [2.05, 4.69) is 20.2 Å². The van der Waals surface area contributed by atoms with E-state index in [1.165, 1.54) is 0 Å². The van der Waals surface area contributed by atoms with Crippen molar-refractivity contribution >= 4 is 17.4 Å². The molecular weight excluding hydrogens is 234 g/mol. The first kappa shape index (κ1) is 11.6. The van der Waals surface area contributed by atoms with Crippen molar-refractivity contribution in [2.45, 2.75) is 23.6 Å². The molecule has 2 rings (SSSR count). The number of benzene rings is 1. The molecule has 0 unspecified atom stereocenters. The lowest BCUT2D eigenvalue weighted by molar-refractivity contribution is 1.02. The highest BCUT2D eigenvalue weighted by molar-refractivity contribution is 7.99. The van der Waals surface area contributed by atoms with E-state index in [4.69, 9.17) is 5.53 Å². The number of aromatic amines is 1. The van der Waals surface area contributed by atoms with Gasteiger partial charge in [-0.15, -0.1) is 0 Å². The van der Waals surface area contributed by atoms with Crippen LogP contribution in [0.25, 0.3) is 10.4 Å². The molecule has 86 valence electrons. The summed E-state index contributed by atoms with van der Waals surface area (Å²) in [7, 11) is 0. The third-order valence-electron chi connectivity index (χ3n) is 2.29. The number of aryl methyl sites for hydroxylation is 2. The molecule has 17 heavy (non-hydrogen) atoms. The van der Waals surface area contributed by atoms with E-state index in [0.29, 0.717) is 5.69 Å². The fourth-order valence-electron chi connectivity index (χ4n) is 1.48. The minimum absolute atomic E-state index is 0.639. The average Bonchev–Trinajstić information content (AvgIpc) is 2.64. The van der Waals surface area contributed by atoms with E-state index in [1.807, 2.05) is 32.0 Å². The molecule has 0 saturated heterocycles. The van der Waals surface area contributed by atoms with Crippen molar-refractivity contribution in [3.8, 4) is 0 Å². The zero-order chi connectivity index (χ0) is 12.3. The number of H-pyrrole nitrogens is 1. The van der Waals surface area contributed by atoms with Gasteiger partial charge in [0.1, 0.15) is 0 Å². The fourth-order valence-corrected chi connectivity index (χ4v) is 2.45. The van der Waals surface area contributed by atoms with Crippen molar-refractivity contribution in [2.24, 2.45) is 5.11 Å². The summed E-state index contributed by atoms with van der Waals surface area (Å²) in [6.45, 7) is 3.92. The maximum atomic E-state index is 8.51. The molecule has 2 aromatic rings. The van der Waals surface area contributed by atoms with Crippen molar-refractivity contribution in [3.05, 3.63) is 46.1 Å². The Morgan fingerprint density at radius 1 is 1.35 bits per heavy atom. The van der Waals surface area contributed by atoms with Crippen LogP contribution in [-0.2, 0) is 0 Å². The van der Waals surface area contributed by atoms with Crippen LogP contribution in [0.5, 0.6) is 0 Å². The summed E-state index contributed by atoms with van der Waals surface area (Å²) in [5.74, 6) is 0. The van der Waals surface area contributed by atoms with Crippen molar-refractivity contribution in [3.63, 3.8) is 0 Å². The highest BCUT2D eigenvalue weighted by Crippen LogP contribution is 2.37. The number of nitrogens with zero attached hydrogens (tertiary/aromatic N) is 4. The van der Waals surface area contributed by atoms with E-state index >= 15 is 0 Å². The Bertz CT molecular complexity index is 564. The molecule has 5 nitrogen and oxygen atoms in total. The molecule has 0 amide bonds. The molecule has 0 spiro atoms. The smallest absolute Gasteiger partial charge is 0.0733 e. The van der Waals surface area contributed by atoms with E-state index < -0.39 is 0 Å². The zero-order valence-electron chi connectivity index (χ0n) is 9.51. The van der Waals surface area contributed by atoms with Gasteiger partial charge in [0.05, 0.1) is 16.3 Å². The molecule has 1 aromatic carbocycles. The van der Waals surface area contributed by atoms with Crippen LogP contribution in [0.1, 0.15) is 11.4 Å². The molecule has 0 saturated carbocycles. The number of rotatable bonds is 3.